The predicted molar refractivity (Wildman–Crippen MR) is 143 cm³/mol. The first-order chi connectivity index (χ1) is 17.2. The Morgan fingerprint density at radius 2 is 1.78 bits per heavy atom. The van der Waals surface area contributed by atoms with Gasteiger partial charge in [-0.1, -0.05) is 62.1 Å². The first-order valence-corrected chi connectivity index (χ1v) is 13.7. The van der Waals surface area contributed by atoms with Crippen LogP contribution < -0.4 is 0 Å². The zero-order valence-corrected chi connectivity index (χ0v) is 22.4. The summed E-state index contributed by atoms with van der Waals surface area (Å²) in [4.78, 5) is 26.9. The number of hydrogen-bond donors (Lipinski definition) is 0. The van der Waals surface area contributed by atoms with Crippen LogP contribution >= 0.6 is 11.6 Å². The zero-order chi connectivity index (χ0) is 25.6. The molecule has 0 saturated carbocycles. The van der Waals surface area contributed by atoms with E-state index in [0.29, 0.717) is 22.8 Å². The summed E-state index contributed by atoms with van der Waals surface area (Å²) < 4.78 is 12.4. The molecule has 2 bridgehead atoms. The van der Waals surface area contributed by atoms with E-state index in [-0.39, 0.29) is 29.7 Å². The first-order valence-electron chi connectivity index (χ1n) is 13.3. The molecule has 2 saturated heterocycles. The molecule has 0 aromatic heterocycles. The molecule has 1 aliphatic carbocycles. The molecule has 2 heterocycles. The molecule has 2 fully saturated rings. The highest BCUT2D eigenvalue weighted by atomic mass is 35.5. The van der Waals surface area contributed by atoms with Gasteiger partial charge in [0.25, 0.3) is 0 Å². The molecule has 0 spiro atoms. The number of carbonyl (C=O) groups excluding carboxylic acids is 2. The lowest BCUT2D eigenvalue weighted by molar-refractivity contribution is -0.141. The number of fused-ring (bicyclic) bond motifs is 5. The summed E-state index contributed by atoms with van der Waals surface area (Å²) in [5.74, 6) is -0.107. The molecule has 2 aliphatic heterocycles. The van der Waals surface area contributed by atoms with Crippen molar-refractivity contribution in [1.82, 2.24) is 0 Å². The SMILES string of the molecule is CCCCCCC(=O)OC1=C(c2c(C)cc(-c3ccc(Cl)cc3)cc2C)C(=O)[C@H]2[C@@H]3CC[C@@](C)(O3)[C@@H]12. The zero-order valence-electron chi connectivity index (χ0n) is 21.7. The fourth-order valence-corrected chi connectivity index (χ4v) is 6.70. The van der Waals surface area contributed by atoms with Gasteiger partial charge >= 0.3 is 5.97 Å². The van der Waals surface area contributed by atoms with Crippen molar-refractivity contribution in [2.45, 2.75) is 84.3 Å². The second-order valence-corrected chi connectivity index (χ2v) is 11.3. The van der Waals surface area contributed by atoms with Gasteiger partial charge in [0.1, 0.15) is 5.76 Å². The highest BCUT2D eigenvalue weighted by Gasteiger charge is 2.65. The largest absolute Gasteiger partial charge is 0.430 e. The standard InChI is InChI=1S/C31H35ClO4/c1-5-6-7-8-9-24(33)35-30-27(29(34)26-23-14-15-31(4,36-23)28(26)30)25-18(2)16-21(17-19(25)3)20-10-12-22(32)13-11-20/h10-13,16-17,23,26,28H,5-9,14-15H2,1-4H3/t23-,26-,28+,31+/m0/s1. The Kier molecular flexibility index (Phi) is 6.86. The van der Waals surface area contributed by atoms with Crippen LogP contribution in [0.4, 0.5) is 0 Å². The molecule has 0 amide bonds. The van der Waals surface area contributed by atoms with E-state index in [1.54, 1.807) is 0 Å². The van der Waals surface area contributed by atoms with Crippen molar-refractivity contribution >= 4 is 28.9 Å². The first kappa shape index (κ1) is 25.2. The molecule has 5 rings (SSSR count). The van der Waals surface area contributed by atoms with Gasteiger partial charge in [0, 0.05) is 11.4 Å². The van der Waals surface area contributed by atoms with Crippen LogP contribution in [0.3, 0.4) is 0 Å². The van der Waals surface area contributed by atoms with E-state index in [2.05, 4.69) is 26.0 Å². The molecule has 0 radical (unpaired) electrons. The minimum Gasteiger partial charge on any atom is -0.430 e. The van der Waals surface area contributed by atoms with Crippen molar-refractivity contribution < 1.29 is 19.1 Å². The summed E-state index contributed by atoms with van der Waals surface area (Å²) >= 11 is 6.09. The summed E-state index contributed by atoms with van der Waals surface area (Å²) in [6.45, 7) is 8.30. The maximum absolute atomic E-state index is 14.0. The van der Waals surface area contributed by atoms with E-state index in [4.69, 9.17) is 21.1 Å². The third-order valence-corrected chi connectivity index (χ3v) is 8.51. The van der Waals surface area contributed by atoms with Gasteiger partial charge in [-0.25, -0.2) is 0 Å². The molecular formula is C31H35ClO4. The molecular weight excluding hydrogens is 472 g/mol. The van der Waals surface area contributed by atoms with Crippen LogP contribution in [0, 0.1) is 25.7 Å². The number of aryl methyl sites for hydroxylation is 2. The topological polar surface area (TPSA) is 52.6 Å². The molecule has 2 aromatic carbocycles. The van der Waals surface area contributed by atoms with Crippen molar-refractivity contribution in [3.05, 3.63) is 63.9 Å². The van der Waals surface area contributed by atoms with Gasteiger partial charge in [0.05, 0.1) is 29.1 Å². The van der Waals surface area contributed by atoms with Crippen molar-refractivity contribution in [2.75, 3.05) is 0 Å². The number of rotatable bonds is 8. The Hall–Kier alpha value is -2.43. The Morgan fingerprint density at radius 1 is 1.08 bits per heavy atom. The van der Waals surface area contributed by atoms with Crippen LogP contribution in [0.2, 0.25) is 5.02 Å². The number of ketones is 1. The molecule has 3 aliphatic rings. The van der Waals surface area contributed by atoms with Gasteiger partial charge in [-0.2, -0.15) is 0 Å². The molecule has 4 atom stereocenters. The number of carbonyl (C=O) groups is 2. The van der Waals surface area contributed by atoms with Gasteiger partial charge in [-0.3, -0.25) is 9.59 Å². The summed E-state index contributed by atoms with van der Waals surface area (Å²) in [5.41, 5.74) is 5.15. The molecule has 5 heteroatoms. The third kappa shape index (κ3) is 4.33. The van der Waals surface area contributed by atoms with Crippen molar-refractivity contribution in [2.24, 2.45) is 11.8 Å². The van der Waals surface area contributed by atoms with E-state index in [1.165, 1.54) is 0 Å². The third-order valence-electron chi connectivity index (χ3n) is 8.26. The molecule has 4 nitrogen and oxygen atoms in total. The average Bonchev–Trinajstić information content (AvgIpc) is 3.46. The number of ether oxygens (including phenoxy) is 2. The summed E-state index contributed by atoms with van der Waals surface area (Å²) in [7, 11) is 0. The van der Waals surface area contributed by atoms with Gasteiger partial charge in [-0.05, 0) is 80.0 Å². The van der Waals surface area contributed by atoms with Crippen LogP contribution in [-0.4, -0.2) is 23.5 Å². The van der Waals surface area contributed by atoms with Crippen LogP contribution in [0.5, 0.6) is 0 Å². The molecule has 190 valence electrons. The molecule has 36 heavy (non-hydrogen) atoms. The number of allylic oxidation sites excluding steroid dienone is 1. The second-order valence-electron chi connectivity index (χ2n) is 10.9. The minimum atomic E-state index is -0.463. The molecule has 0 unspecified atom stereocenters. The van der Waals surface area contributed by atoms with Crippen molar-refractivity contribution in [3.8, 4) is 11.1 Å². The molecule has 0 N–H and O–H groups in total. The average molecular weight is 507 g/mol. The number of halogens is 1. The number of benzene rings is 2. The summed E-state index contributed by atoms with van der Waals surface area (Å²) in [5, 5.41) is 0.698. The Balaban J connectivity index is 1.55. The van der Waals surface area contributed by atoms with Gasteiger partial charge in [0.2, 0.25) is 0 Å². The lowest BCUT2D eigenvalue weighted by Crippen LogP contribution is -2.36. The smallest absolute Gasteiger partial charge is 0.310 e. The lowest BCUT2D eigenvalue weighted by Gasteiger charge is -2.30. The van der Waals surface area contributed by atoms with Gasteiger partial charge < -0.3 is 9.47 Å². The maximum atomic E-state index is 14.0. The second kappa shape index (κ2) is 9.79. The maximum Gasteiger partial charge on any atom is 0.310 e. The lowest BCUT2D eigenvalue weighted by atomic mass is 9.73. The minimum absolute atomic E-state index is 0.0626. The summed E-state index contributed by atoms with van der Waals surface area (Å²) in [6.07, 6.45) is 6.07. The van der Waals surface area contributed by atoms with E-state index >= 15 is 0 Å². The van der Waals surface area contributed by atoms with Gasteiger partial charge in [0.15, 0.2) is 5.78 Å². The normalized spacial score (nSPS) is 26.6. The quantitative estimate of drug-likeness (QED) is 0.273. The van der Waals surface area contributed by atoms with E-state index < -0.39 is 5.60 Å². The van der Waals surface area contributed by atoms with Crippen molar-refractivity contribution in [3.63, 3.8) is 0 Å². The van der Waals surface area contributed by atoms with Crippen molar-refractivity contribution in [1.29, 1.82) is 0 Å². The van der Waals surface area contributed by atoms with Crippen LogP contribution in [0.15, 0.2) is 42.2 Å². The number of Topliss-reactive ketones (excluding diaryl/α,β-unsaturated/α-hetero) is 1. The number of esters is 1. The van der Waals surface area contributed by atoms with Gasteiger partial charge in [-0.15, -0.1) is 0 Å². The van der Waals surface area contributed by atoms with E-state index in [9.17, 15) is 9.59 Å². The van der Waals surface area contributed by atoms with Crippen LogP contribution in [0.1, 0.15) is 75.5 Å². The predicted octanol–water partition coefficient (Wildman–Crippen LogP) is 7.61. The molecule has 2 aromatic rings. The highest BCUT2D eigenvalue weighted by Crippen LogP contribution is 2.60. The number of unbranched alkanes of at least 4 members (excludes halogenated alkanes) is 3. The Bertz CT molecular complexity index is 1200. The summed E-state index contributed by atoms with van der Waals surface area (Å²) in [6, 6.07) is 12.0. The van der Waals surface area contributed by atoms with Crippen LogP contribution in [0.25, 0.3) is 16.7 Å². The number of hydrogen-bond acceptors (Lipinski definition) is 4. The highest BCUT2D eigenvalue weighted by molar-refractivity contribution is 6.30. The fraction of sp³-hybridized carbons (Fsp3) is 0.484. The van der Waals surface area contributed by atoms with E-state index in [0.717, 1.165) is 66.3 Å². The Morgan fingerprint density at radius 3 is 2.44 bits per heavy atom. The van der Waals surface area contributed by atoms with E-state index in [1.807, 2.05) is 38.1 Å². The Labute approximate surface area is 219 Å². The fourth-order valence-electron chi connectivity index (χ4n) is 6.57. The van der Waals surface area contributed by atoms with Crippen LogP contribution in [-0.2, 0) is 19.1 Å². The monoisotopic (exact) mass is 506 g/mol.